The van der Waals surface area contributed by atoms with Crippen LogP contribution in [0.4, 0.5) is 4.39 Å². The summed E-state index contributed by atoms with van der Waals surface area (Å²) < 4.78 is 18.0. The van der Waals surface area contributed by atoms with Crippen molar-refractivity contribution in [2.75, 3.05) is 0 Å². The Bertz CT molecular complexity index is 958. The van der Waals surface area contributed by atoms with E-state index in [2.05, 4.69) is 21.0 Å². The molecule has 3 aromatic rings. The van der Waals surface area contributed by atoms with E-state index >= 15 is 0 Å². The SMILES string of the molecule is O=C(CCc1nc(-c2ccc(Cl)cc2)no1)NNC(=O)Cc1ccc(F)cc1. The molecule has 28 heavy (non-hydrogen) atoms. The molecule has 2 N–H and O–H groups in total. The molecule has 0 atom stereocenters. The van der Waals surface area contributed by atoms with E-state index in [1.807, 2.05) is 0 Å². The number of aryl methyl sites for hydroxylation is 1. The van der Waals surface area contributed by atoms with Crippen LogP contribution in [-0.4, -0.2) is 22.0 Å². The zero-order chi connectivity index (χ0) is 19.9. The number of aromatic nitrogens is 2. The van der Waals surface area contributed by atoms with Crippen molar-refractivity contribution < 1.29 is 18.5 Å². The summed E-state index contributed by atoms with van der Waals surface area (Å²) in [6.45, 7) is 0. The Kier molecular flexibility index (Phi) is 6.33. The fourth-order valence-corrected chi connectivity index (χ4v) is 2.45. The minimum absolute atomic E-state index is 0.0225. The molecule has 2 amide bonds. The van der Waals surface area contributed by atoms with E-state index < -0.39 is 11.8 Å². The van der Waals surface area contributed by atoms with Crippen LogP contribution in [0.1, 0.15) is 17.9 Å². The number of nitrogens with one attached hydrogen (secondary N) is 2. The first kappa shape index (κ1) is 19.5. The number of hydrazine groups is 1. The van der Waals surface area contributed by atoms with Crippen LogP contribution in [0.3, 0.4) is 0 Å². The Hall–Kier alpha value is -3.26. The fourth-order valence-electron chi connectivity index (χ4n) is 2.33. The molecule has 3 rings (SSSR count). The average Bonchev–Trinajstić information content (AvgIpc) is 3.16. The van der Waals surface area contributed by atoms with Crippen molar-refractivity contribution in [1.29, 1.82) is 0 Å². The first-order valence-corrected chi connectivity index (χ1v) is 8.78. The highest BCUT2D eigenvalue weighted by Crippen LogP contribution is 2.18. The summed E-state index contributed by atoms with van der Waals surface area (Å²) >= 11 is 5.84. The lowest BCUT2D eigenvalue weighted by atomic mass is 10.1. The van der Waals surface area contributed by atoms with Gasteiger partial charge in [0.2, 0.25) is 23.5 Å². The summed E-state index contributed by atoms with van der Waals surface area (Å²) in [5, 5.41) is 4.47. The lowest BCUT2D eigenvalue weighted by molar-refractivity contribution is -0.128. The molecule has 0 aliphatic heterocycles. The van der Waals surface area contributed by atoms with Gasteiger partial charge in [0, 0.05) is 23.4 Å². The third-order valence-corrected chi connectivity index (χ3v) is 4.01. The van der Waals surface area contributed by atoms with Crippen molar-refractivity contribution >= 4 is 23.4 Å². The Balaban J connectivity index is 1.42. The van der Waals surface area contributed by atoms with Gasteiger partial charge in [0.05, 0.1) is 6.42 Å². The van der Waals surface area contributed by atoms with Gasteiger partial charge in [-0.3, -0.25) is 20.4 Å². The minimum atomic E-state index is -0.414. The maximum Gasteiger partial charge on any atom is 0.242 e. The van der Waals surface area contributed by atoms with E-state index in [0.29, 0.717) is 22.3 Å². The van der Waals surface area contributed by atoms with Gasteiger partial charge in [-0.1, -0.05) is 28.9 Å². The maximum atomic E-state index is 12.8. The summed E-state index contributed by atoms with van der Waals surface area (Å²) in [5.41, 5.74) is 6.00. The van der Waals surface area contributed by atoms with Crippen molar-refractivity contribution in [3.05, 3.63) is 70.8 Å². The number of hydrogen-bond donors (Lipinski definition) is 2. The quantitative estimate of drug-likeness (QED) is 0.618. The van der Waals surface area contributed by atoms with Gasteiger partial charge in [0.25, 0.3) is 0 Å². The standard InChI is InChI=1S/C19H16ClFN4O3/c20-14-5-3-13(4-6-14)19-22-18(28-25-19)10-9-16(26)23-24-17(27)11-12-1-7-15(21)8-2-12/h1-8H,9-11H2,(H,23,26)(H,24,27). The molecule has 0 aliphatic rings. The lowest BCUT2D eigenvalue weighted by Gasteiger charge is -2.06. The molecule has 0 saturated carbocycles. The number of amides is 2. The number of nitrogens with zero attached hydrogens (tertiary/aromatic N) is 2. The predicted octanol–water partition coefficient (Wildman–Crippen LogP) is 2.85. The van der Waals surface area contributed by atoms with Crippen molar-refractivity contribution in [3.63, 3.8) is 0 Å². The molecule has 2 aromatic carbocycles. The Morgan fingerprint density at radius 1 is 1.00 bits per heavy atom. The molecule has 1 heterocycles. The molecule has 0 radical (unpaired) electrons. The van der Waals surface area contributed by atoms with Crippen LogP contribution in [-0.2, 0) is 22.4 Å². The number of halogens is 2. The number of rotatable bonds is 6. The second kappa shape index (κ2) is 9.09. The molecule has 0 spiro atoms. The first-order valence-electron chi connectivity index (χ1n) is 8.40. The Morgan fingerprint density at radius 2 is 1.68 bits per heavy atom. The van der Waals surface area contributed by atoms with Crippen molar-refractivity contribution in [3.8, 4) is 11.4 Å². The second-order valence-electron chi connectivity index (χ2n) is 5.92. The lowest BCUT2D eigenvalue weighted by Crippen LogP contribution is -2.42. The highest BCUT2D eigenvalue weighted by atomic mass is 35.5. The monoisotopic (exact) mass is 402 g/mol. The van der Waals surface area contributed by atoms with Crippen LogP contribution in [0.5, 0.6) is 0 Å². The smallest absolute Gasteiger partial charge is 0.242 e. The summed E-state index contributed by atoms with van der Waals surface area (Å²) in [4.78, 5) is 27.9. The van der Waals surface area contributed by atoms with Crippen LogP contribution in [0.2, 0.25) is 5.02 Å². The molecule has 0 aliphatic carbocycles. The average molecular weight is 403 g/mol. The van der Waals surface area contributed by atoms with Crippen LogP contribution in [0.25, 0.3) is 11.4 Å². The topological polar surface area (TPSA) is 97.1 Å². The van der Waals surface area contributed by atoms with E-state index in [9.17, 15) is 14.0 Å². The summed E-state index contributed by atoms with van der Waals surface area (Å²) in [6, 6.07) is 12.5. The fraction of sp³-hybridized carbons (Fsp3) is 0.158. The summed E-state index contributed by atoms with van der Waals surface area (Å²) in [7, 11) is 0. The summed E-state index contributed by atoms with van der Waals surface area (Å²) in [6.07, 6.45) is 0.300. The molecule has 0 fully saturated rings. The van der Waals surface area contributed by atoms with Gasteiger partial charge in [-0.15, -0.1) is 0 Å². The normalized spacial score (nSPS) is 10.5. The van der Waals surface area contributed by atoms with Gasteiger partial charge in [-0.05, 0) is 42.0 Å². The largest absolute Gasteiger partial charge is 0.339 e. The Morgan fingerprint density at radius 3 is 2.39 bits per heavy atom. The molecule has 144 valence electrons. The highest BCUT2D eigenvalue weighted by Gasteiger charge is 2.11. The number of hydrogen-bond acceptors (Lipinski definition) is 5. The summed E-state index contributed by atoms with van der Waals surface area (Å²) in [5.74, 6) is -0.489. The van der Waals surface area contributed by atoms with Crippen molar-refractivity contribution in [1.82, 2.24) is 21.0 Å². The zero-order valence-corrected chi connectivity index (χ0v) is 15.4. The van der Waals surface area contributed by atoms with Crippen LogP contribution < -0.4 is 10.9 Å². The van der Waals surface area contributed by atoms with Gasteiger partial charge >= 0.3 is 0 Å². The minimum Gasteiger partial charge on any atom is -0.339 e. The second-order valence-corrected chi connectivity index (χ2v) is 6.35. The third-order valence-electron chi connectivity index (χ3n) is 3.76. The molecule has 0 bridgehead atoms. The van der Waals surface area contributed by atoms with Crippen LogP contribution >= 0.6 is 11.6 Å². The molecule has 9 heteroatoms. The Labute approximate surface area is 164 Å². The molecule has 0 unspecified atom stereocenters. The van der Waals surface area contributed by atoms with Gasteiger partial charge in [-0.25, -0.2) is 4.39 Å². The molecule has 0 saturated heterocycles. The van der Waals surface area contributed by atoms with Crippen LogP contribution in [0, 0.1) is 5.82 Å². The van der Waals surface area contributed by atoms with E-state index in [4.69, 9.17) is 16.1 Å². The van der Waals surface area contributed by atoms with Gasteiger partial charge < -0.3 is 4.52 Å². The molecular weight excluding hydrogens is 387 g/mol. The molecular formula is C19H16ClFN4O3. The van der Waals surface area contributed by atoms with Gasteiger partial charge in [0.1, 0.15) is 5.82 Å². The number of carbonyl (C=O) groups excluding carboxylic acids is 2. The van der Waals surface area contributed by atoms with Gasteiger partial charge in [-0.2, -0.15) is 4.98 Å². The van der Waals surface area contributed by atoms with E-state index in [1.165, 1.54) is 24.3 Å². The predicted molar refractivity (Wildman–Crippen MR) is 99.5 cm³/mol. The third kappa shape index (κ3) is 5.62. The van der Waals surface area contributed by atoms with Crippen LogP contribution in [0.15, 0.2) is 53.1 Å². The highest BCUT2D eigenvalue weighted by molar-refractivity contribution is 6.30. The maximum absolute atomic E-state index is 12.8. The van der Waals surface area contributed by atoms with E-state index in [-0.39, 0.29) is 25.1 Å². The zero-order valence-electron chi connectivity index (χ0n) is 14.6. The first-order chi connectivity index (χ1) is 13.5. The number of benzene rings is 2. The van der Waals surface area contributed by atoms with Gasteiger partial charge in [0.15, 0.2) is 0 Å². The van der Waals surface area contributed by atoms with E-state index in [0.717, 1.165) is 5.56 Å². The van der Waals surface area contributed by atoms with Crippen molar-refractivity contribution in [2.24, 2.45) is 0 Å². The molecule has 1 aromatic heterocycles. The molecule has 7 nitrogen and oxygen atoms in total. The van der Waals surface area contributed by atoms with Crippen molar-refractivity contribution in [2.45, 2.75) is 19.3 Å². The van der Waals surface area contributed by atoms with E-state index in [1.54, 1.807) is 24.3 Å². The number of carbonyl (C=O) groups is 2.